The van der Waals surface area contributed by atoms with Crippen molar-refractivity contribution in [1.29, 1.82) is 0 Å². The predicted octanol–water partition coefficient (Wildman–Crippen LogP) is 7.39. The van der Waals surface area contributed by atoms with Gasteiger partial charge in [0.25, 0.3) is 0 Å². The molecule has 187 valence electrons. The maximum atomic E-state index is 10.3. The molecule has 0 saturated carbocycles. The SMILES string of the molecule is [Cl][Zr+2][Cl].[NH-]C(=O)c1ccccc1.[c-]1cccc2c1Cc1ccccc1-2.c1ccc([SiH]c2ccccc2)cc1. The third kappa shape index (κ3) is 9.85. The molecule has 1 amide bonds. The van der Waals surface area contributed by atoms with E-state index in [0.717, 1.165) is 6.42 Å². The van der Waals surface area contributed by atoms with Gasteiger partial charge < -0.3 is 10.5 Å². The monoisotopic (exact) mass is 628 g/mol. The summed E-state index contributed by atoms with van der Waals surface area (Å²) in [6, 6.07) is 48.0. The molecule has 6 rings (SSSR count). The van der Waals surface area contributed by atoms with Crippen molar-refractivity contribution in [3.05, 3.63) is 162 Å². The molecular formula is C32H26Cl2NOSiZr. The van der Waals surface area contributed by atoms with Crippen molar-refractivity contribution in [2.45, 2.75) is 6.42 Å². The van der Waals surface area contributed by atoms with Gasteiger partial charge in [-0.2, -0.15) is 29.8 Å². The number of halogens is 2. The van der Waals surface area contributed by atoms with Crippen LogP contribution in [-0.2, 0) is 27.3 Å². The van der Waals surface area contributed by atoms with Crippen LogP contribution in [-0.4, -0.2) is 15.4 Å². The van der Waals surface area contributed by atoms with Gasteiger partial charge in [0, 0.05) is 0 Å². The maximum Gasteiger partial charge on any atom is 0.103 e. The molecule has 1 radical (unpaired) electrons. The van der Waals surface area contributed by atoms with Crippen LogP contribution >= 0.6 is 17.0 Å². The summed E-state index contributed by atoms with van der Waals surface area (Å²) < 4.78 is 0. The van der Waals surface area contributed by atoms with E-state index >= 15 is 0 Å². The minimum Gasteiger partial charge on any atom is -0.664 e. The summed E-state index contributed by atoms with van der Waals surface area (Å²) in [5, 5.41) is 2.90. The fourth-order valence-corrected chi connectivity index (χ4v) is 5.09. The van der Waals surface area contributed by atoms with Crippen molar-refractivity contribution >= 4 is 42.8 Å². The molecule has 0 heterocycles. The Bertz CT molecular complexity index is 1310. The van der Waals surface area contributed by atoms with Crippen LogP contribution in [0.3, 0.4) is 0 Å². The second-order valence-electron chi connectivity index (χ2n) is 8.13. The number of nitrogens with one attached hydrogen (secondary N) is 1. The van der Waals surface area contributed by atoms with E-state index in [-0.39, 0.29) is 9.52 Å². The number of fused-ring (bicyclic) bond motifs is 3. The molecule has 0 spiro atoms. The van der Waals surface area contributed by atoms with Crippen LogP contribution in [0.5, 0.6) is 0 Å². The molecular weight excluding hydrogens is 605 g/mol. The van der Waals surface area contributed by atoms with Crippen LogP contribution in [0.25, 0.3) is 16.9 Å². The fourth-order valence-electron chi connectivity index (χ4n) is 3.88. The van der Waals surface area contributed by atoms with E-state index in [1.54, 1.807) is 24.3 Å². The summed E-state index contributed by atoms with van der Waals surface area (Å²) in [6.45, 7) is 0. The summed E-state index contributed by atoms with van der Waals surface area (Å²) in [6.07, 6.45) is 1.05. The fraction of sp³-hybridized carbons (Fsp3) is 0.0312. The van der Waals surface area contributed by atoms with Gasteiger partial charge in [-0.25, -0.2) is 0 Å². The molecule has 0 aliphatic heterocycles. The molecule has 1 aliphatic rings. The second kappa shape index (κ2) is 17.0. The Morgan fingerprint density at radius 1 is 0.684 bits per heavy atom. The van der Waals surface area contributed by atoms with E-state index in [4.69, 9.17) is 22.8 Å². The molecule has 2 nitrogen and oxygen atoms in total. The third-order valence-electron chi connectivity index (χ3n) is 5.59. The van der Waals surface area contributed by atoms with Crippen LogP contribution in [0, 0.1) is 6.07 Å². The minimum atomic E-state index is -0.826. The van der Waals surface area contributed by atoms with Crippen LogP contribution < -0.4 is 10.4 Å². The summed E-state index contributed by atoms with van der Waals surface area (Å²) in [5.41, 5.74) is 12.6. The van der Waals surface area contributed by atoms with Crippen molar-refractivity contribution < 1.29 is 25.6 Å². The summed E-state index contributed by atoms with van der Waals surface area (Å²) >= 11 is -0.826. The van der Waals surface area contributed by atoms with Gasteiger partial charge >= 0.3 is 37.9 Å². The molecule has 38 heavy (non-hydrogen) atoms. The topological polar surface area (TPSA) is 40.9 Å². The molecule has 0 bridgehead atoms. The number of carbonyl (C=O) groups is 1. The van der Waals surface area contributed by atoms with Crippen LogP contribution in [0.1, 0.15) is 21.5 Å². The van der Waals surface area contributed by atoms with Gasteiger partial charge in [-0.3, -0.25) is 0 Å². The van der Waals surface area contributed by atoms with Crippen molar-refractivity contribution in [1.82, 2.24) is 0 Å². The zero-order chi connectivity index (χ0) is 27.0. The zero-order valence-corrected chi connectivity index (χ0v) is 25.8. The largest absolute Gasteiger partial charge is 0.664 e. The van der Waals surface area contributed by atoms with Gasteiger partial charge in [-0.15, -0.1) is 5.56 Å². The number of hydrogen-bond acceptors (Lipinski definition) is 1. The van der Waals surface area contributed by atoms with Gasteiger partial charge in [0.15, 0.2) is 0 Å². The summed E-state index contributed by atoms with van der Waals surface area (Å²) in [7, 11) is 10.1. The van der Waals surface area contributed by atoms with Gasteiger partial charge in [-0.05, 0) is 12.0 Å². The smallest absolute Gasteiger partial charge is 0.103 e. The average molecular weight is 631 g/mol. The number of hydrogen-bond donors (Lipinski definition) is 0. The Kier molecular flexibility index (Phi) is 13.3. The standard InChI is InChI=1S/C13H9.C12H11Si.C7H7NO.2ClH.Zr/c1-3-7-12-10(5-1)9-11-6-2-4-8-13(11)12;1-3-7-11(8-4-1)13-12-9-5-2-6-10-12;8-7(9)6-4-2-1-3-5-6;;;/h1-5,7-8H,9H2;1-10,13H;1-5H,(H2,8,9);2*1H;/q-1;;;;;+4/p-3. The van der Waals surface area contributed by atoms with E-state index in [1.165, 1.54) is 32.6 Å². The first-order valence-electron chi connectivity index (χ1n) is 11.9. The van der Waals surface area contributed by atoms with E-state index in [9.17, 15) is 4.79 Å². The van der Waals surface area contributed by atoms with Gasteiger partial charge in [0.2, 0.25) is 0 Å². The number of carbonyl (C=O) groups excluding carboxylic acids is 1. The van der Waals surface area contributed by atoms with Gasteiger partial charge in [-0.1, -0.05) is 137 Å². The van der Waals surface area contributed by atoms with Crippen LogP contribution in [0.15, 0.2) is 133 Å². The number of benzene rings is 5. The average Bonchev–Trinajstić information content (AvgIpc) is 3.35. The summed E-state index contributed by atoms with van der Waals surface area (Å²) in [5.74, 6) is -0.629. The normalized spacial score (nSPS) is 9.95. The van der Waals surface area contributed by atoms with Crippen molar-refractivity contribution in [2.24, 2.45) is 0 Å². The first-order valence-corrected chi connectivity index (χ1v) is 19.4. The first kappa shape index (κ1) is 29.8. The molecule has 0 unspecified atom stereocenters. The third-order valence-corrected chi connectivity index (χ3v) is 7.02. The Morgan fingerprint density at radius 2 is 1.16 bits per heavy atom. The van der Waals surface area contributed by atoms with E-state index in [2.05, 4.69) is 103 Å². The Morgan fingerprint density at radius 3 is 1.68 bits per heavy atom. The molecule has 1 aliphatic carbocycles. The van der Waals surface area contributed by atoms with Crippen molar-refractivity contribution in [2.75, 3.05) is 0 Å². The van der Waals surface area contributed by atoms with Gasteiger partial charge in [0.05, 0.1) is 5.91 Å². The quantitative estimate of drug-likeness (QED) is 0.149. The predicted molar refractivity (Wildman–Crippen MR) is 160 cm³/mol. The van der Waals surface area contributed by atoms with Gasteiger partial charge in [0.1, 0.15) is 9.52 Å². The van der Waals surface area contributed by atoms with Crippen LogP contribution in [0.4, 0.5) is 0 Å². The Balaban J connectivity index is 0.000000153. The van der Waals surface area contributed by atoms with E-state index in [1.807, 2.05) is 12.1 Å². The zero-order valence-electron chi connectivity index (χ0n) is 20.7. The molecule has 1 N–H and O–H groups in total. The molecule has 0 aromatic heterocycles. The van der Waals surface area contributed by atoms with E-state index in [0.29, 0.717) is 5.56 Å². The van der Waals surface area contributed by atoms with Crippen molar-refractivity contribution in [3.8, 4) is 11.1 Å². The first-order chi connectivity index (χ1) is 18.6. The van der Waals surface area contributed by atoms with Crippen LogP contribution in [0.2, 0.25) is 0 Å². The molecule has 5 aromatic carbocycles. The Hall–Kier alpha value is -2.75. The Labute approximate surface area is 246 Å². The second-order valence-corrected chi connectivity index (χ2v) is 13.5. The maximum absolute atomic E-state index is 10.3. The molecule has 6 heteroatoms. The van der Waals surface area contributed by atoms with E-state index < -0.39 is 26.8 Å². The molecule has 5 aromatic rings. The molecule has 0 atom stereocenters. The summed E-state index contributed by atoms with van der Waals surface area (Å²) in [4.78, 5) is 10.3. The molecule has 0 fully saturated rings. The molecule has 0 saturated heterocycles. The number of rotatable bonds is 3. The van der Waals surface area contributed by atoms with Crippen molar-refractivity contribution in [3.63, 3.8) is 0 Å². The number of amides is 1. The minimum absolute atomic E-state index is 0.271.